The van der Waals surface area contributed by atoms with Crippen molar-refractivity contribution in [2.45, 2.75) is 13.3 Å². The number of nitrogens with one attached hydrogen (secondary N) is 1. The lowest BCUT2D eigenvalue weighted by Crippen LogP contribution is -2.51. The maximum Gasteiger partial charge on any atom is 0.254 e. The van der Waals surface area contributed by atoms with E-state index < -0.39 is 0 Å². The molecule has 1 aliphatic heterocycles. The molecule has 144 valence electrons. The number of ether oxygens (including phenoxy) is 2. The standard InChI is InChI=1S/C20H25N3O4/c1-14-11-17(26-2)18(27-3)13-16(14)20(25)23-9-7-22(8-10-23)19(24)12-15-5-4-6-21-15/h4-6,11,13,21H,7-10,12H2,1-3H3. The minimum absolute atomic E-state index is 0.0510. The first-order valence-electron chi connectivity index (χ1n) is 8.95. The summed E-state index contributed by atoms with van der Waals surface area (Å²) in [4.78, 5) is 32.0. The average molecular weight is 371 g/mol. The summed E-state index contributed by atoms with van der Waals surface area (Å²) < 4.78 is 10.6. The molecule has 2 heterocycles. The van der Waals surface area contributed by atoms with Crippen LogP contribution >= 0.6 is 0 Å². The van der Waals surface area contributed by atoms with Crippen LogP contribution in [0.25, 0.3) is 0 Å². The Morgan fingerprint density at radius 1 is 1.04 bits per heavy atom. The number of methoxy groups -OCH3 is 2. The zero-order valence-electron chi connectivity index (χ0n) is 15.9. The van der Waals surface area contributed by atoms with Gasteiger partial charge in [0.15, 0.2) is 11.5 Å². The second-order valence-corrected chi connectivity index (χ2v) is 6.57. The van der Waals surface area contributed by atoms with E-state index in [1.807, 2.05) is 36.2 Å². The van der Waals surface area contributed by atoms with Crippen LogP contribution in [0.4, 0.5) is 0 Å². The summed E-state index contributed by atoms with van der Waals surface area (Å²) >= 11 is 0. The summed E-state index contributed by atoms with van der Waals surface area (Å²) in [5, 5.41) is 0. The first kappa shape index (κ1) is 18.8. The number of hydrogen-bond acceptors (Lipinski definition) is 4. The number of hydrogen-bond donors (Lipinski definition) is 1. The van der Waals surface area contributed by atoms with Crippen LogP contribution in [0.5, 0.6) is 11.5 Å². The molecule has 0 spiro atoms. The first-order chi connectivity index (χ1) is 13.0. The van der Waals surface area contributed by atoms with E-state index in [1.54, 1.807) is 25.2 Å². The number of aromatic amines is 1. The molecule has 0 unspecified atom stereocenters. The molecular weight excluding hydrogens is 346 g/mol. The highest BCUT2D eigenvalue weighted by Gasteiger charge is 2.26. The zero-order valence-corrected chi connectivity index (χ0v) is 15.9. The molecule has 7 nitrogen and oxygen atoms in total. The number of nitrogens with zero attached hydrogens (tertiary/aromatic N) is 2. The minimum Gasteiger partial charge on any atom is -0.493 e. The van der Waals surface area contributed by atoms with E-state index >= 15 is 0 Å². The van der Waals surface area contributed by atoms with Crippen molar-refractivity contribution in [3.05, 3.63) is 47.3 Å². The molecule has 0 radical (unpaired) electrons. The third-order valence-electron chi connectivity index (χ3n) is 4.88. The van der Waals surface area contributed by atoms with Gasteiger partial charge in [-0.25, -0.2) is 0 Å². The van der Waals surface area contributed by atoms with Crippen molar-refractivity contribution in [2.75, 3.05) is 40.4 Å². The Kier molecular flexibility index (Phi) is 5.69. The van der Waals surface area contributed by atoms with Crippen LogP contribution in [0.3, 0.4) is 0 Å². The number of aryl methyl sites for hydroxylation is 1. The zero-order chi connectivity index (χ0) is 19.4. The fraction of sp³-hybridized carbons (Fsp3) is 0.400. The van der Waals surface area contributed by atoms with Crippen molar-refractivity contribution in [3.63, 3.8) is 0 Å². The maximum absolute atomic E-state index is 12.9. The molecule has 2 aromatic rings. The van der Waals surface area contributed by atoms with Gasteiger partial charge in [-0.2, -0.15) is 0 Å². The topological polar surface area (TPSA) is 74.9 Å². The molecule has 1 aliphatic rings. The van der Waals surface area contributed by atoms with Crippen LogP contribution in [-0.2, 0) is 11.2 Å². The number of carbonyl (C=O) groups excluding carboxylic acids is 2. The predicted octanol–water partition coefficient (Wildman–Crippen LogP) is 1.87. The molecule has 7 heteroatoms. The van der Waals surface area contributed by atoms with E-state index in [9.17, 15) is 9.59 Å². The van der Waals surface area contributed by atoms with E-state index in [0.29, 0.717) is 49.7 Å². The largest absolute Gasteiger partial charge is 0.493 e. The van der Waals surface area contributed by atoms with Gasteiger partial charge in [0.05, 0.1) is 20.6 Å². The third-order valence-corrected chi connectivity index (χ3v) is 4.88. The van der Waals surface area contributed by atoms with Gasteiger partial charge in [-0.05, 0) is 36.8 Å². The Balaban J connectivity index is 1.64. The lowest BCUT2D eigenvalue weighted by atomic mass is 10.1. The van der Waals surface area contributed by atoms with E-state index in [0.717, 1.165) is 11.3 Å². The van der Waals surface area contributed by atoms with Crippen molar-refractivity contribution >= 4 is 11.8 Å². The molecule has 1 saturated heterocycles. The number of rotatable bonds is 5. The van der Waals surface area contributed by atoms with Crippen LogP contribution in [0.2, 0.25) is 0 Å². The molecule has 0 bridgehead atoms. The minimum atomic E-state index is -0.0510. The monoisotopic (exact) mass is 371 g/mol. The fourth-order valence-corrected chi connectivity index (χ4v) is 3.29. The van der Waals surface area contributed by atoms with Crippen molar-refractivity contribution < 1.29 is 19.1 Å². The van der Waals surface area contributed by atoms with Gasteiger partial charge in [-0.1, -0.05) is 0 Å². The average Bonchev–Trinajstić information content (AvgIpc) is 3.20. The predicted molar refractivity (Wildman–Crippen MR) is 101 cm³/mol. The van der Waals surface area contributed by atoms with Crippen LogP contribution in [-0.4, -0.2) is 67.0 Å². The molecule has 2 amide bonds. The number of H-pyrrole nitrogens is 1. The van der Waals surface area contributed by atoms with Gasteiger partial charge in [0.1, 0.15) is 0 Å². The van der Waals surface area contributed by atoms with Crippen LogP contribution in [0, 0.1) is 6.92 Å². The van der Waals surface area contributed by atoms with Gasteiger partial charge >= 0.3 is 0 Å². The molecule has 1 fully saturated rings. The molecule has 1 N–H and O–H groups in total. The summed E-state index contributed by atoms with van der Waals surface area (Å²) in [5.74, 6) is 1.16. The molecule has 3 rings (SSSR count). The van der Waals surface area contributed by atoms with Crippen molar-refractivity contribution in [2.24, 2.45) is 0 Å². The highest BCUT2D eigenvalue weighted by Crippen LogP contribution is 2.31. The molecule has 1 aromatic heterocycles. The maximum atomic E-state index is 12.9. The van der Waals surface area contributed by atoms with Gasteiger partial charge in [0.25, 0.3) is 5.91 Å². The number of benzene rings is 1. The number of piperazine rings is 1. The third kappa shape index (κ3) is 4.07. The van der Waals surface area contributed by atoms with Crippen LogP contribution < -0.4 is 9.47 Å². The molecule has 0 atom stereocenters. The summed E-state index contributed by atoms with van der Waals surface area (Å²) in [6.07, 6.45) is 2.17. The molecule has 0 saturated carbocycles. The van der Waals surface area contributed by atoms with Crippen LogP contribution in [0.15, 0.2) is 30.5 Å². The second-order valence-electron chi connectivity index (χ2n) is 6.57. The Morgan fingerprint density at radius 3 is 2.26 bits per heavy atom. The first-order valence-corrected chi connectivity index (χ1v) is 8.95. The lowest BCUT2D eigenvalue weighted by Gasteiger charge is -2.35. The van der Waals surface area contributed by atoms with Crippen molar-refractivity contribution in [3.8, 4) is 11.5 Å². The number of amides is 2. The van der Waals surface area contributed by atoms with Gasteiger partial charge in [-0.3, -0.25) is 9.59 Å². The molecule has 27 heavy (non-hydrogen) atoms. The van der Waals surface area contributed by atoms with E-state index in [4.69, 9.17) is 9.47 Å². The Labute approximate surface area is 158 Å². The SMILES string of the molecule is COc1cc(C)c(C(=O)N2CCN(C(=O)Cc3ccc[nH]3)CC2)cc1OC. The highest BCUT2D eigenvalue weighted by atomic mass is 16.5. The van der Waals surface area contributed by atoms with Crippen LogP contribution in [0.1, 0.15) is 21.6 Å². The number of aromatic nitrogens is 1. The molecule has 1 aromatic carbocycles. The van der Waals surface area contributed by atoms with E-state index in [2.05, 4.69) is 4.98 Å². The quantitative estimate of drug-likeness (QED) is 0.871. The summed E-state index contributed by atoms with van der Waals surface area (Å²) in [7, 11) is 3.12. The Bertz CT molecular complexity index is 809. The van der Waals surface area contributed by atoms with E-state index in [1.165, 1.54) is 0 Å². The van der Waals surface area contributed by atoms with E-state index in [-0.39, 0.29) is 11.8 Å². The van der Waals surface area contributed by atoms with Gasteiger partial charge < -0.3 is 24.3 Å². The smallest absolute Gasteiger partial charge is 0.254 e. The number of carbonyl (C=O) groups is 2. The summed E-state index contributed by atoms with van der Waals surface area (Å²) in [5.41, 5.74) is 2.33. The summed E-state index contributed by atoms with van der Waals surface area (Å²) in [6.45, 7) is 3.99. The van der Waals surface area contributed by atoms with Gasteiger partial charge in [0.2, 0.25) is 5.91 Å². The fourth-order valence-electron chi connectivity index (χ4n) is 3.29. The molecular formula is C20H25N3O4. The highest BCUT2D eigenvalue weighted by molar-refractivity contribution is 5.96. The van der Waals surface area contributed by atoms with Gasteiger partial charge in [-0.15, -0.1) is 0 Å². The Hall–Kier alpha value is -2.96. The van der Waals surface area contributed by atoms with Gasteiger partial charge in [0, 0.05) is 43.6 Å². The molecule has 0 aliphatic carbocycles. The Morgan fingerprint density at radius 2 is 1.67 bits per heavy atom. The second kappa shape index (κ2) is 8.16. The van der Waals surface area contributed by atoms with Crippen molar-refractivity contribution in [1.82, 2.24) is 14.8 Å². The summed E-state index contributed by atoms with van der Waals surface area (Å²) in [6, 6.07) is 7.31. The van der Waals surface area contributed by atoms with Crippen molar-refractivity contribution in [1.29, 1.82) is 0 Å². The lowest BCUT2D eigenvalue weighted by molar-refractivity contribution is -0.132. The normalized spacial score (nSPS) is 14.2.